The van der Waals surface area contributed by atoms with E-state index in [1.165, 1.54) is 6.42 Å². The predicted octanol–water partition coefficient (Wildman–Crippen LogP) is 2.88. The molecule has 6 heteroatoms. The molecule has 4 nitrogen and oxygen atoms in total. The molecule has 0 bridgehead atoms. The summed E-state index contributed by atoms with van der Waals surface area (Å²) >= 11 is 11.8. The van der Waals surface area contributed by atoms with Crippen molar-refractivity contribution >= 4 is 29.1 Å². The van der Waals surface area contributed by atoms with E-state index < -0.39 is 0 Å². The lowest BCUT2D eigenvalue weighted by Gasteiger charge is -2.10. The summed E-state index contributed by atoms with van der Waals surface area (Å²) in [5.74, 6) is 1.24. The molecule has 1 heterocycles. The number of hydrogen-bond donors (Lipinski definition) is 2. The Morgan fingerprint density at radius 1 is 1.43 bits per heavy atom. The average Bonchev–Trinajstić information content (AvgIpc) is 2.94. The summed E-state index contributed by atoms with van der Waals surface area (Å²) in [5.41, 5.74) is 0. The van der Waals surface area contributed by atoms with Gasteiger partial charge in [0.05, 0.1) is 18.1 Å². The van der Waals surface area contributed by atoms with E-state index in [-0.39, 0.29) is 5.91 Å². The largest absolute Gasteiger partial charge is 0.491 e. The van der Waals surface area contributed by atoms with Gasteiger partial charge in [0.2, 0.25) is 5.91 Å². The van der Waals surface area contributed by atoms with Crippen LogP contribution in [0.15, 0.2) is 18.2 Å². The van der Waals surface area contributed by atoms with Crippen LogP contribution in [-0.2, 0) is 4.79 Å². The minimum atomic E-state index is 0.00559. The Labute approximate surface area is 135 Å². The summed E-state index contributed by atoms with van der Waals surface area (Å²) in [6.45, 7) is 3.19. The Bertz CT molecular complexity index is 477. The summed E-state index contributed by atoms with van der Waals surface area (Å²) in [6.07, 6.45) is 2.55. The molecule has 1 unspecified atom stereocenters. The lowest BCUT2D eigenvalue weighted by Crippen LogP contribution is -2.27. The molecule has 1 atom stereocenters. The number of hydrogen-bond acceptors (Lipinski definition) is 3. The van der Waals surface area contributed by atoms with Crippen LogP contribution in [0.5, 0.6) is 5.75 Å². The fraction of sp³-hybridized carbons (Fsp3) is 0.533. The first kappa shape index (κ1) is 16.4. The van der Waals surface area contributed by atoms with Crippen molar-refractivity contribution < 1.29 is 9.53 Å². The maximum Gasteiger partial charge on any atom is 0.223 e. The van der Waals surface area contributed by atoms with Crippen LogP contribution < -0.4 is 15.4 Å². The Balaban J connectivity index is 1.60. The third kappa shape index (κ3) is 5.73. The average molecular weight is 331 g/mol. The molecule has 1 aromatic carbocycles. The molecular formula is C15H20Cl2N2O2. The van der Waals surface area contributed by atoms with Crippen LogP contribution in [0, 0.1) is 5.92 Å². The molecule has 1 aromatic rings. The van der Waals surface area contributed by atoms with Gasteiger partial charge in [-0.15, -0.1) is 0 Å². The number of nitrogens with one attached hydrogen (secondary N) is 2. The highest BCUT2D eigenvalue weighted by atomic mass is 35.5. The molecule has 0 saturated carbocycles. The first-order chi connectivity index (χ1) is 10.1. The third-order valence-corrected chi connectivity index (χ3v) is 4.05. The Kier molecular flexibility index (Phi) is 6.61. The van der Waals surface area contributed by atoms with E-state index in [0.717, 1.165) is 26.1 Å². The SMILES string of the molecule is O=C(CCOc1ccc(Cl)cc1Cl)NCCC1CCNC1. The fourth-order valence-electron chi connectivity index (χ4n) is 2.31. The van der Waals surface area contributed by atoms with Gasteiger partial charge < -0.3 is 15.4 Å². The number of benzene rings is 1. The summed E-state index contributed by atoms with van der Waals surface area (Å²) in [6, 6.07) is 5.03. The van der Waals surface area contributed by atoms with Gasteiger partial charge in [0.15, 0.2) is 0 Å². The topological polar surface area (TPSA) is 50.4 Å². The number of halogens is 2. The van der Waals surface area contributed by atoms with Crippen molar-refractivity contribution in [2.45, 2.75) is 19.3 Å². The smallest absolute Gasteiger partial charge is 0.223 e. The molecule has 116 valence electrons. The highest BCUT2D eigenvalue weighted by molar-refractivity contribution is 6.35. The minimum Gasteiger partial charge on any atom is -0.491 e. The van der Waals surface area contributed by atoms with Gasteiger partial charge in [0.1, 0.15) is 5.75 Å². The molecule has 21 heavy (non-hydrogen) atoms. The molecule has 0 aliphatic carbocycles. The lowest BCUT2D eigenvalue weighted by molar-refractivity contribution is -0.121. The molecule has 1 aliphatic rings. The Morgan fingerprint density at radius 3 is 3.00 bits per heavy atom. The normalized spacial score (nSPS) is 17.7. The number of ether oxygens (including phenoxy) is 1. The minimum absolute atomic E-state index is 0.00559. The zero-order valence-corrected chi connectivity index (χ0v) is 13.3. The van der Waals surface area contributed by atoms with Crippen molar-refractivity contribution in [1.82, 2.24) is 10.6 Å². The van der Waals surface area contributed by atoms with Gasteiger partial charge in [0.25, 0.3) is 0 Å². The maximum absolute atomic E-state index is 11.7. The molecule has 1 fully saturated rings. The van der Waals surface area contributed by atoms with Crippen molar-refractivity contribution in [3.05, 3.63) is 28.2 Å². The Hall–Kier alpha value is -0.970. The van der Waals surface area contributed by atoms with E-state index in [0.29, 0.717) is 34.7 Å². The van der Waals surface area contributed by atoms with E-state index in [4.69, 9.17) is 27.9 Å². The van der Waals surface area contributed by atoms with Crippen molar-refractivity contribution in [2.24, 2.45) is 5.92 Å². The summed E-state index contributed by atoms with van der Waals surface area (Å²) in [5, 5.41) is 7.25. The summed E-state index contributed by atoms with van der Waals surface area (Å²) in [7, 11) is 0. The Morgan fingerprint density at radius 2 is 2.29 bits per heavy atom. The fourth-order valence-corrected chi connectivity index (χ4v) is 2.77. The molecule has 2 rings (SSSR count). The van der Waals surface area contributed by atoms with Crippen LogP contribution in [0.1, 0.15) is 19.3 Å². The van der Waals surface area contributed by atoms with Crippen LogP contribution in [0.25, 0.3) is 0 Å². The lowest BCUT2D eigenvalue weighted by atomic mass is 10.1. The summed E-state index contributed by atoms with van der Waals surface area (Å²) in [4.78, 5) is 11.7. The monoisotopic (exact) mass is 330 g/mol. The van der Waals surface area contributed by atoms with E-state index in [1.54, 1.807) is 18.2 Å². The number of carbonyl (C=O) groups is 1. The molecule has 0 spiro atoms. The van der Waals surface area contributed by atoms with Crippen LogP contribution in [0.4, 0.5) is 0 Å². The molecule has 0 aromatic heterocycles. The van der Waals surface area contributed by atoms with Crippen molar-refractivity contribution in [2.75, 3.05) is 26.2 Å². The standard InChI is InChI=1S/C15H20Cl2N2O2/c16-12-1-2-14(13(17)9-12)21-8-5-15(20)19-7-4-11-3-6-18-10-11/h1-2,9,11,18H,3-8,10H2,(H,19,20). The quantitative estimate of drug-likeness (QED) is 0.808. The van der Waals surface area contributed by atoms with Crippen LogP contribution in [0.2, 0.25) is 10.0 Å². The first-order valence-electron chi connectivity index (χ1n) is 7.20. The maximum atomic E-state index is 11.7. The van der Waals surface area contributed by atoms with Gasteiger partial charge in [-0.1, -0.05) is 23.2 Å². The number of carbonyl (C=O) groups excluding carboxylic acids is 1. The molecule has 1 aliphatic heterocycles. The van der Waals surface area contributed by atoms with Gasteiger partial charge in [-0.2, -0.15) is 0 Å². The van der Waals surface area contributed by atoms with Crippen LogP contribution in [-0.4, -0.2) is 32.1 Å². The van der Waals surface area contributed by atoms with Gasteiger partial charge in [-0.25, -0.2) is 0 Å². The second-order valence-electron chi connectivity index (χ2n) is 5.17. The molecule has 0 radical (unpaired) electrons. The highest BCUT2D eigenvalue weighted by Crippen LogP contribution is 2.27. The second-order valence-corrected chi connectivity index (χ2v) is 6.01. The first-order valence-corrected chi connectivity index (χ1v) is 7.96. The van der Waals surface area contributed by atoms with Crippen LogP contribution in [0.3, 0.4) is 0 Å². The van der Waals surface area contributed by atoms with Crippen LogP contribution >= 0.6 is 23.2 Å². The van der Waals surface area contributed by atoms with Crippen molar-refractivity contribution in [3.63, 3.8) is 0 Å². The highest BCUT2D eigenvalue weighted by Gasteiger charge is 2.14. The third-order valence-electron chi connectivity index (χ3n) is 3.52. The van der Waals surface area contributed by atoms with E-state index >= 15 is 0 Å². The van der Waals surface area contributed by atoms with Gasteiger partial charge in [-0.05, 0) is 50.0 Å². The van der Waals surface area contributed by atoms with Gasteiger partial charge in [-0.3, -0.25) is 4.79 Å². The number of amides is 1. The molecule has 1 amide bonds. The van der Waals surface area contributed by atoms with Gasteiger partial charge >= 0.3 is 0 Å². The zero-order valence-electron chi connectivity index (χ0n) is 11.8. The van der Waals surface area contributed by atoms with Gasteiger partial charge in [0, 0.05) is 11.6 Å². The van der Waals surface area contributed by atoms with E-state index in [1.807, 2.05) is 0 Å². The van der Waals surface area contributed by atoms with E-state index in [9.17, 15) is 4.79 Å². The van der Waals surface area contributed by atoms with E-state index in [2.05, 4.69) is 10.6 Å². The van der Waals surface area contributed by atoms with Crippen molar-refractivity contribution in [3.8, 4) is 5.75 Å². The van der Waals surface area contributed by atoms with Crippen molar-refractivity contribution in [1.29, 1.82) is 0 Å². The summed E-state index contributed by atoms with van der Waals surface area (Å²) < 4.78 is 5.48. The molecular weight excluding hydrogens is 311 g/mol. The number of rotatable bonds is 7. The second kappa shape index (κ2) is 8.47. The molecule has 2 N–H and O–H groups in total. The zero-order chi connectivity index (χ0) is 15.1. The predicted molar refractivity (Wildman–Crippen MR) is 85.2 cm³/mol. The molecule has 1 saturated heterocycles.